The maximum atomic E-state index is 11.5. The first-order valence-electron chi connectivity index (χ1n) is 6.73. The first kappa shape index (κ1) is 14.2. The number of nitrogens with one attached hydrogen (secondary N) is 1. The Kier molecular flexibility index (Phi) is 5.13. The van der Waals surface area contributed by atoms with Gasteiger partial charge in [-0.05, 0) is 31.9 Å². The van der Waals surface area contributed by atoms with Crippen LogP contribution in [0.3, 0.4) is 0 Å². The Balaban J connectivity index is 1.85. The molecule has 1 saturated carbocycles. The molecule has 0 aliphatic heterocycles. The monoisotopic (exact) mass is 284 g/mol. The molecule has 0 spiro atoms. The Morgan fingerprint density at radius 3 is 3.16 bits per heavy atom. The van der Waals surface area contributed by atoms with Crippen LogP contribution in [0.2, 0.25) is 0 Å². The number of carbonyl (C=O) groups excluding carboxylic acids is 1. The smallest absolute Gasteiger partial charge is 0.360 e. The lowest BCUT2D eigenvalue weighted by Crippen LogP contribution is -2.16. The summed E-state index contributed by atoms with van der Waals surface area (Å²) in [7, 11) is 0. The van der Waals surface area contributed by atoms with E-state index in [1.807, 2.05) is 11.8 Å². The average molecular weight is 284 g/mol. The summed E-state index contributed by atoms with van der Waals surface area (Å²) in [4.78, 5) is 15.6. The van der Waals surface area contributed by atoms with Gasteiger partial charge in [-0.3, -0.25) is 0 Å². The van der Waals surface area contributed by atoms with Gasteiger partial charge in [-0.25, -0.2) is 4.79 Å². The summed E-state index contributed by atoms with van der Waals surface area (Å²) in [6.45, 7) is 4.29. The number of carbonyl (C=O) groups is 1. The lowest BCUT2D eigenvalue weighted by atomic mass is 10.3. The minimum atomic E-state index is -0.440. The van der Waals surface area contributed by atoms with Crippen LogP contribution in [0.4, 0.5) is 6.01 Å². The van der Waals surface area contributed by atoms with Crippen LogP contribution in [-0.4, -0.2) is 34.6 Å². The van der Waals surface area contributed by atoms with E-state index in [1.54, 1.807) is 6.92 Å². The van der Waals surface area contributed by atoms with Crippen molar-refractivity contribution in [2.24, 2.45) is 0 Å². The number of ether oxygens (including phenoxy) is 1. The second kappa shape index (κ2) is 6.84. The highest BCUT2D eigenvalue weighted by atomic mass is 32.2. The fourth-order valence-electron chi connectivity index (χ4n) is 2.27. The molecule has 0 aromatic carbocycles. The Hall–Kier alpha value is -1.17. The van der Waals surface area contributed by atoms with Gasteiger partial charge in [-0.1, -0.05) is 6.92 Å². The van der Waals surface area contributed by atoms with E-state index in [0.29, 0.717) is 18.7 Å². The predicted molar refractivity (Wildman–Crippen MR) is 75.6 cm³/mol. The molecular formula is C13H20N2O3S. The number of hydrogen-bond acceptors (Lipinski definition) is 6. The molecule has 106 valence electrons. The average Bonchev–Trinajstić information content (AvgIpc) is 3.00. The van der Waals surface area contributed by atoms with E-state index in [9.17, 15) is 4.79 Å². The molecule has 6 heteroatoms. The molecule has 1 aliphatic carbocycles. The van der Waals surface area contributed by atoms with Crippen molar-refractivity contribution < 1.29 is 13.9 Å². The molecule has 0 bridgehead atoms. The molecule has 2 atom stereocenters. The number of rotatable bonds is 6. The maximum Gasteiger partial charge on any atom is 0.360 e. The molecule has 0 amide bonds. The Morgan fingerprint density at radius 2 is 2.42 bits per heavy atom. The van der Waals surface area contributed by atoms with Crippen molar-refractivity contribution in [2.45, 2.75) is 44.4 Å². The van der Waals surface area contributed by atoms with E-state index >= 15 is 0 Å². The largest absolute Gasteiger partial charge is 0.461 e. The predicted octanol–water partition coefficient (Wildman–Crippen LogP) is 2.94. The minimum absolute atomic E-state index is 0.224. The van der Waals surface area contributed by atoms with Gasteiger partial charge in [0.2, 0.25) is 0 Å². The van der Waals surface area contributed by atoms with E-state index in [1.165, 1.54) is 12.7 Å². The van der Waals surface area contributed by atoms with E-state index in [4.69, 9.17) is 9.15 Å². The van der Waals surface area contributed by atoms with Crippen LogP contribution >= 0.6 is 11.8 Å². The normalized spacial score (nSPS) is 22.4. The van der Waals surface area contributed by atoms with Gasteiger partial charge in [0, 0.05) is 11.3 Å². The standard InChI is InChI=1S/C13H20N2O3S/c1-3-17-12(16)11-8-18-13(15-11)14-9-5-6-10(7-9)19-4-2/h8-10H,3-7H2,1-2H3,(H,14,15). The van der Waals surface area contributed by atoms with Gasteiger partial charge >= 0.3 is 5.97 Å². The summed E-state index contributed by atoms with van der Waals surface area (Å²) in [6, 6.07) is 0.799. The number of esters is 1. The molecule has 2 unspecified atom stereocenters. The zero-order valence-corrected chi connectivity index (χ0v) is 12.2. The maximum absolute atomic E-state index is 11.5. The third-order valence-electron chi connectivity index (χ3n) is 3.10. The van der Waals surface area contributed by atoms with Crippen molar-refractivity contribution in [1.82, 2.24) is 4.98 Å². The van der Waals surface area contributed by atoms with Crippen molar-refractivity contribution in [3.8, 4) is 0 Å². The summed E-state index contributed by atoms with van der Waals surface area (Å²) >= 11 is 2.00. The number of anilines is 1. The summed E-state index contributed by atoms with van der Waals surface area (Å²) in [5, 5.41) is 3.97. The lowest BCUT2D eigenvalue weighted by Gasteiger charge is -2.10. The van der Waals surface area contributed by atoms with Crippen molar-refractivity contribution in [1.29, 1.82) is 0 Å². The minimum Gasteiger partial charge on any atom is -0.461 e. The number of thioether (sulfide) groups is 1. The molecular weight excluding hydrogens is 264 g/mol. The second-order valence-electron chi connectivity index (χ2n) is 4.49. The molecule has 0 saturated heterocycles. The highest BCUT2D eigenvalue weighted by Crippen LogP contribution is 2.31. The molecule has 1 aliphatic rings. The summed E-state index contributed by atoms with van der Waals surface area (Å²) in [6.07, 6.45) is 4.81. The van der Waals surface area contributed by atoms with Gasteiger partial charge in [0.15, 0.2) is 5.69 Å². The van der Waals surface area contributed by atoms with Crippen LogP contribution in [0.25, 0.3) is 0 Å². The quantitative estimate of drug-likeness (QED) is 0.810. The molecule has 0 radical (unpaired) electrons. The summed E-state index contributed by atoms with van der Waals surface area (Å²) < 4.78 is 10.1. The van der Waals surface area contributed by atoms with Gasteiger partial charge in [0.25, 0.3) is 6.01 Å². The Morgan fingerprint density at radius 1 is 1.58 bits per heavy atom. The van der Waals surface area contributed by atoms with Gasteiger partial charge in [0.1, 0.15) is 6.26 Å². The molecule has 1 heterocycles. The third kappa shape index (κ3) is 3.89. The highest BCUT2D eigenvalue weighted by molar-refractivity contribution is 7.99. The van der Waals surface area contributed by atoms with E-state index in [2.05, 4.69) is 17.2 Å². The first-order chi connectivity index (χ1) is 9.22. The Labute approximate surface area is 117 Å². The first-order valence-corrected chi connectivity index (χ1v) is 7.78. The topological polar surface area (TPSA) is 64.4 Å². The van der Waals surface area contributed by atoms with Crippen molar-refractivity contribution in [2.75, 3.05) is 17.7 Å². The lowest BCUT2D eigenvalue weighted by molar-refractivity contribution is 0.0519. The molecule has 2 rings (SSSR count). The van der Waals surface area contributed by atoms with Crippen LogP contribution in [0, 0.1) is 0 Å². The van der Waals surface area contributed by atoms with Crippen LogP contribution in [0.15, 0.2) is 10.7 Å². The SMILES string of the molecule is CCOC(=O)c1coc(NC2CCC(SCC)C2)n1. The van der Waals surface area contributed by atoms with Gasteiger partial charge in [-0.15, -0.1) is 0 Å². The van der Waals surface area contributed by atoms with Crippen molar-refractivity contribution in [3.63, 3.8) is 0 Å². The zero-order chi connectivity index (χ0) is 13.7. The second-order valence-corrected chi connectivity index (χ2v) is 6.07. The molecule has 1 fully saturated rings. The number of nitrogens with zero attached hydrogens (tertiary/aromatic N) is 1. The van der Waals surface area contributed by atoms with Gasteiger partial charge < -0.3 is 14.5 Å². The number of aromatic nitrogens is 1. The Bertz CT molecular complexity index is 422. The van der Waals surface area contributed by atoms with Crippen LogP contribution in [0.1, 0.15) is 43.6 Å². The van der Waals surface area contributed by atoms with Crippen molar-refractivity contribution in [3.05, 3.63) is 12.0 Å². The van der Waals surface area contributed by atoms with E-state index in [0.717, 1.165) is 23.8 Å². The molecule has 1 aromatic rings. The number of oxazole rings is 1. The van der Waals surface area contributed by atoms with Crippen LogP contribution in [-0.2, 0) is 4.74 Å². The van der Waals surface area contributed by atoms with E-state index < -0.39 is 5.97 Å². The third-order valence-corrected chi connectivity index (χ3v) is 4.34. The van der Waals surface area contributed by atoms with E-state index in [-0.39, 0.29) is 5.69 Å². The molecule has 19 heavy (non-hydrogen) atoms. The molecule has 1 N–H and O–H groups in total. The van der Waals surface area contributed by atoms with Gasteiger partial charge in [0.05, 0.1) is 6.61 Å². The van der Waals surface area contributed by atoms with Crippen LogP contribution in [0.5, 0.6) is 0 Å². The number of hydrogen-bond donors (Lipinski definition) is 1. The fourth-order valence-corrected chi connectivity index (χ4v) is 3.41. The highest BCUT2D eigenvalue weighted by Gasteiger charge is 2.25. The molecule has 5 nitrogen and oxygen atoms in total. The zero-order valence-electron chi connectivity index (χ0n) is 11.3. The fraction of sp³-hybridized carbons (Fsp3) is 0.692. The molecule has 1 aromatic heterocycles. The van der Waals surface area contributed by atoms with Gasteiger partial charge in [-0.2, -0.15) is 16.7 Å². The summed E-state index contributed by atoms with van der Waals surface area (Å²) in [5.74, 6) is 0.716. The van der Waals surface area contributed by atoms with Crippen LogP contribution < -0.4 is 5.32 Å². The van der Waals surface area contributed by atoms with Crippen molar-refractivity contribution >= 4 is 23.7 Å². The summed E-state index contributed by atoms with van der Waals surface area (Å²) in [5.41, 5.74) is 0.224.